The number of piperazine rings is 1. The molecule has 6 rings (SSSR count). The van der Waals surface area contributed by atoms with Gasteiger partial charge in [-0.3, -0.25) is 14.5 Å². The van der Waals surface area contributed by atoms with E-state index in [1.807, 2.05) is 29.2 Å². The van der Waals surface area contributed by atoms with E-state index in [9.17, 15) is 14.4 Å². The molecule has 1 saturated heterocycles. The van der Waals surface area contributed by atoms with Crippen molar-refractivity contribution in [2.75, 3.05) is 39.9 Å². The van der Waals surface area contributed by atoms with E-state index in [0.29, 0.717) is 52.9 Å². The molecule has 0 bridgehead atoms. The zero-order chi connectivity index (χ0) is 34.3. The minimum absolute atomic E-state index is 0.0804. The summed E-state index contributed by atoms with van der Waals surface area (Å²) in [4.78, 5) is 52.7. The number of aromatic amines is 1. The fraction of sp³-hybridized carbons (Fsp3) is 0.263. The van der Waals surface area contributed by atoms with Crippen molar-refractivity contribution in [3.05, 3.63) is 120 Å². The SMILES string of the molecule is CCOC(=O)c1cccnc1Sc1c(C(=O)N[C@H](C)C(=O)N2CCN(C(c3ccccc3)c3ccccc3)CC2)[nH]c2ccc(OC)cc12. The normalized spacial score (nSPS) is 14.1. The van der Waals surface area contributed by atoms with Crippen molar-refractivity contribution in [3.63, 3.8) is 0 Å². The monoisotopic (exact) mass is 677 g/mol. The van der Waals surface area contributed by atoms with Crippen LogP contribution in [0.2, 0.25) is 0 Å². The maximum Gasteiger partial charge on any atom is 0.340 e. The smallest absolute Gasteiger partial charge is 0.340 e. The van der Waals surface area contributed by atoms with Gasteiger partial charge in [0.25, 0.3) is 5.91 Å². The Morgan fingerprint density at radius 3 is 2.22 bits per heavy atom. The van der Waals surface area contributed by atoms with Gasteiger partial charge in [-0.25, -0.2) is 9.78 Å². The number of rotatable bonds is 11. The maximum atomic E-state index is 13.9. The number of amides is 2. The summed E-state index contributed by atoms with van der Waals surface area (Å²) < 4.78 is 10.7. The predicted octanol–water partition coefficient (Wildman–Crippen LogP) is 5.95. The van der Waals surface area contributed by atoms with E-state index >= 15 is 0 Å². The van der Waals surface area contributed by atoms with E-state index in [4.69, 9.17) is 9.47 Å². The molecule has 252 valence electrons. The number of pyridine rings is 1. The van der Waals surface area contributed by atoms with Gasteiger partial charge < -0.3 is 24.7 Å². The molecule has 0 aliphatic carbocycles. The molecule has 2 N–H and O–H groups in total. The molecule has 3 heterocycles. The average molecular weight is 678 g/mol. The van der Waals surface area contributed by atoms with Crippen molar-refractivity contribution in [2.24, 2.45) is 0 Å². The van der Waals surface area contributed by atoms with E-state index in [1.165, 1.54) is 22.9 Å². The number of esters is 1. The van der Waals surface area contributed by atoms with E-state index in [1.54, 1.807) is 45.4 Å². The number of carbonyl (C=O) groups is 3. The quantitative estimate of drug-likeness (QED) is 0.165. The van der Waals surface area contributed by atoms with Gasteiger partial charge in [0.05, 0.1) is 30.2 Å². The Balaban J connectivity index is 1.19. The highest BCUT2D eigenvalue weighted by Crippen LogP contribution is 2.39. The lowest BCUT2D eigenvalue weighted by molar-refractivity contribution is -0.134. The number of nitrogens with one attached hydrogen (secondary N) is 2. The minimum Gasteiger partial charge on any atom is -0.497 e. The van der Waals surface area contributed by atoms with Crippen LogP contribution >= 0.6 is 11.8 Å². The van der Waals surface area contributed by atoms with Crippen LogP contribution in [0.5, 0.6) is 5.75 Å². The molecule has 0 unspecified atom stereocenters. The number of nitrogens with zero attached hydrogens (tertiary/aromatic N) is 3. The fourth-order valence-electron chi connectivity index (χ4n) is 6.16. The number of fused-ring (bicyclic) bond motifs is 1. The molecule has 11 heteroatoms. The van der Waals surface area contributed by atoms with E-state index in [0.717, 1.165) is 5.39 Å². The Labute approximate surface area is 289 Å². The van der Waals surface area contributed by atoms with Gasteiger partial charge in [-0.05, 0) is 55.3 Å². The van der Waals surface area contributed by atoms with E-state index in [-0.39, 0.29) is 24.2 Å². The largest absolute Gasteiger partial charge is 0.497 e. The number of ether oxygens (including phenoxy) is 2. The van der Waals surface area contributed by atoms with Crippen molar-refractivity contribution >= 4 is 40.4 Å². The molecule has 1 atom stereocenters. The summed E-state index contributed by atoms with van der Waals surface area (Å²) >= 11 is 1.18. The van der Waals surface area contributed by atoms with Crippen LogP contribution < -0.4 is 10.1 Å². The van der Waals surface area contributed by atoms with Crippen molar-refractivity contribution in [3.8, 4) is 5.75 Å². The van der Waals surface area contributed by atoms with Crippen LogP contribution in [0.3, 0.4) is 0 Å². The number of aromatic nitrogens is 2. The Morgan fingerprint density at radius 2 is 1.59 bits per heavy atom. The second kappa shape index (κ2) is 15.4. The first-order valence-electron chi connectivity index (χ1n) is 16.3. The Bertz CT molecular complexity index is 1890. The molecule has 2 amide bonds. The lowest BCUT2D eigenvalue weighted by Crippen LogP contribution is -2.54. The van der Waals surface area contributed by atoms with Crippen molar-refractivity contribution in [1.82, 2.24) is 25.1 Å². The van der Waals surface area contributed by atoms with Gasteiger partial charge in [-0.1, -0.05) is 72.4 Å². The van der Waals surface area contributed by atoms with Crippen LogP contribution in [0.25, 0.3) is 10.9 Å². The average Bonchev–Trinajstić information content (AvgIpc) is 3.50. The Hall–Kier alpha value is -5.13. The molecular formula is C38H39N5O5S. The highest BCUT2D eigenvalue weighted by molar-refractivity contribution is 7.99. The fourth-order valence-corrected chi connectivity index (χ4v) is 7.25. The molecule has 2 aromatic heterocycles. The first-order valence-corrected chi connectivity index (χ1v) is 17.1. The molecule has 1 aliphatic rings. The lowest BCUT2D eigenvalue weighted by atomic mass is 9.96. The second-order valence-corrected chi connectivity index (χ2v) is 12.7. The molecule has 1 fully saturated rings. The molecule has 49 heavy (non-hydrogen) atoms. The highest BCUT2D eigenvalue weighted by Gasteiger charge is 2.31. The summed E-state index contributed by atoms with van der Waals surface area (Å²) in [6.07, 6.45) is 1.59. The van der Waals surface area contributed by atoms with E-state index < -0.39 is 17.9 Å². The Kier molecular flexibility index (Phi) is 10.6. The molecule has 0 spiro atoms. The molecule has 5 aromatic rings. The van der Waals surface area contributed by atoms with Gasteiger partial charge in [0, 0.05) is 43.3 Å². The summed E-state index contributed by atoms with van der Waals surface area (Å²) in [6.45, 7) is 6.13. The molecule has 0 radical (unpaired) electrons. The molecule has 10 nitrogen and oxygen atoms in total. The van der Waals surface area contributed by atoms with Crippen molar-refractivity contribution in [1.29, 1.82) is 0 Å². The van der Waals surface area contributed by atoms with Crippen LogP contribution in [-0.2, 0) is 9.53 Å². The standard InChI is InChI=1S/C38H39N5O5S/c1-4-48-38(46)29-16-11-19-39-36(29)49-34-30-24-28(47-3)17-18-31(30)41-32(34)35(44)40-25(2)37(45)43-22-20-42(21-23-43)33(26-12-7-5-8-13-26)27-14-9-6-10-15-27/h5-19,24-25,33,41H,4,20-23H2,1-3H3,(H,40,44)/t25-/m1/s1. The number of benzene rings is 3. The first-order chi connectivity index (χ1) is 23.9. The zero-order valence-corrected chi connectivity index (χ0v) is 28.5. The van der Waals surface area contributed by atoms with Gasteiger partial charge >= 0.3 is 5.97 Å². The summed E-state index contributed by atoms with van der Waals surface area (Å²) in [5.74, 6) is -0.486. The second-order valence-electron chi connectivity index (χ2n) is 11.7. The molecular weight excluding hydrogens is 639 g/mol. The molecule has 3 aromatic carbocycles. The van der Waals surface area contributed by atoms with Crippen LogP contribution in [0.15, 0.2) is 107 Å². The van der Waals surface area contributed by atoms with Gasteiger partial charge in [0.2, 0.25) is 5.91 Å². The zero-order valence-electron chi connectivity index (χ0n) is 27.7. The van der Waals surface area contributed by atoms with Crippen LogP contribution in [0.1, 0.15) is 51.9 Å². The van der Waals surface area contributed by atoms with Gasteiger partial charge in [-0.2, -0.15) is 0 Å². The van der Waals surface area contributed by atoms with Gasteiger partial charge in [-0.15, -0.1) is 0 Å². The van der Waals surface area contributed by atoms with Crippen LogP contribution in [0, 0.1) is 0 Å². The number of carbonyl (C=O) groups excluding carboxylic acids is 3. The van der Waals surface area contributed by atoms with E-state index in [2.05, 4.69) is 68.7 Å². The summed E-state index contributed by atoms with van der Waals surface area (Å²) in [7, 11) is 1.57. The number of methoxy groups -OCH3 is 1. The van der Waals surface area contributed by atoms with Gasteiger partial charge in [0.1, 0.15) is 22.5 Å². The molecule has 1 aliphatic heterocycles. The lowest BCUT2D eigenvalue weighted by Gasteiger charge is -2.40. The topological polar surface area (TPSA) is 117 Å². The summed E-state index contributed by atoms with van der Waals surface area (Å²) in [5.41, 5.74) is 3.66. The van der Waals surface area contributed by atoms with Crippen molar-refractivity contribution in [2.45, 2.75) is 35.9 Å². The number of H-pyrrole nitrogens is 1. The molecule has 0 saturated carbocycles. The minimum atomic E-state index is -0.776. The number of hydrogen-bond acceptors (Lipinski definition) is 8. The highest BCUT2D eigenvalue weighted by atomic mass is 32.2. The van der Waals surface area contributed by atoms with Crippen molar-refractivity contribution < 1.29 is 23.9 Å². The van der Waals surface area contributed by atoms with Gasteiger partial charge in [0.15, 0.2) is 0 Å². The first kappa shape index (κ1) is 33.8. The van der Waals surface area contributed by atoms with Crippen LogP contribution in [0.4, 0.5) is 0 Å². The number of hydrogen-bond donors (Lipinski definition) is 2. The third-order valence-corrected chi connectivity index (χ3v) is 9.74. The summed E-state index contributed by atoms with van der Waals surface area (Å²) in [5, 5.41) is 4.03. The van der Waals surface area contributed by atoms with Crippen LogP contribution in [-0.4, -0.2) is 83.5 Å². The third kappa shape index (κ3) is 7.48. The third-order valence-electron chi connectivity index (χ3n) is 8.59. The maximum absolute atomic E-state index is 13.9. The predicted molar refractivity (Wildman–Crippen MR) is 189 cm³/mol. The Morgan fingerprint density at radius 1 is 0.918 bits per heavy atom. The summed E-state index contributed by atoms with van der Waals surface area (Å²) in [6, 6.07) is 28.9.